The Bertz CT molecular complexity index is 437. The minimum absolute atomic E-state index is 0.0231. The molecule has 0 fully saturated rings. The van der Waals surface area contributed by atoms with E-state index in [1.54, 1.807) is 6.92 Å². The third-order valence-corrected chi connectivity index (χ3v) is 2.78. The molecule has 7 nitrogen and oxygen atoms in total. The van der Waals surface area contributed by atoms with Crippen molar-refractivity contribution >= 4 is 17.9 Å². The number of carboxylic acids is 3. The van der Waals surface area contributed by atoms with Gasteiger partial charge < -0.3 is 19.7 Å². The molecule has 7 heteroatoms. The highest BCUT2D eigenvalue weighted by atomic mass is 16.4. The van der Waals surface area contributed by atoms with E-state index in [9.17, 15) is 14.4 Å². The van der Waals surface area contributed by atoms with Gasteiger partial charge in [-0.05, 0) is 25.0 Å². The molecule has 0 saturated heterocycles. The molecular weight excluding hydrogens is 304 g/mol. The smallest absolute Gasteiger partial charge is 0.371 e. The van der Waals surface area contributed by atoms with Gasteiger partial charge in [-0.15, -0.1) is 0 Å². The number of rotatable bonds is 7. The molecule has 1 aromatic rings. The van der Waals surface area contributed by atoms with Crippen LogP contribution < -0.4 is 0 Å². The van der Waals surface area contributed by atoms with Gasteiger partial charge in [0.15, 0.2) is 0 Å². The number of carbonyl (C=O) groups is 3. The van der Waals surface area contributed by atoms with Crippen LogP contribution in [0.25, 0.3) is 0 Å². The van der Waals surface area contributed by atoms with Gasteiger partial charge in [-0.3, -0.25) is 9.59 Å². The minimum atomic E-state index is -1.03. The first kappa shape index (κ1) is 23.0. The largest absolute Gasteiger partial charge is 0.481 e. The van der Waals surface area contributed by atoms with Crippen molar-refractivity contribution in [2.24, 2.45) is 5.92 Å². The third kappa shape index (κ3) is 14.4. The van der Waals surface area contributed by atoms with E-state index in [-0.39, 0.29) is 18.1 Å². The van der Waals surface area contributed by atoms with Crippen molar-refractivity contribution in [3.63, 3.8) is 0 Å². The lowest BCUT2D eigenvalue weighted by Crippen LogP contribution is -2.11. The Morgan fingerprint density at radius 1 is 1.13 bits per heavy atom. The molecule has 1 rings (SSSR count). The molecule has 0 saturated carbocycles. The zero-order chi connectivity index (χ0) is 18.3. The van der Waals surface area contributed by atoms with Crippen molar-refractivity contribution in [3.8, 4) is 0 Å². The van der Waals surface area contributed by atoms with Crippen LogP contribution in [0.2, 0.25) is 0 Å². The summed E-state index contributed by atoms with van der Waals surface area (Å²) >= 11 is 0. The average Bonchev–Trinajstić information content (AvgIpc) is 3.03. The summed E-state index contributed by atoms with van der Waals surface area (Å²) < 4.78 is 4.50. The highest BCUT2D eigenvalue weighted by Crippen LogP contribution is 2.11. The first-order chi connectivity index (χ1) is 10.8. The van der Waals surface area contributed by atoms with E-state index in [0.717, 1.165) is 25.7 Å². The Balaban J connectivity index is 0. The van der Waals surface area contributed by atoms with Gasteiger partial charge in [0.1, 0.15) is 0 Å². The molecule has 0 amide bonds. The second kappa shape index (κ2) is 14.6. The van der Waals surface area contributed by atoms with E-state index in [4.69, 9.17) is 15.3 Å². The van der Waals surface area contributed by atoms with Gasteiger partial charge >= 0.3 is 17.9 Å². The highest BCUT2D eigenvalue weighted by molar-refractivity contribution is 5.84. The lowest BCUT2D eigenvalue weighted by atomic mass is 10.00. The van der Waals surface area contributed by atoms with Crippen LogP contribution in [-0.2, 0) is 9.59 Å². The molecular formula is C16H26O7. The van der Waals surface area contributed by atoms with Crippen molar-refractivity contribution in [1.29, 1.82) is 0 Å². The summed E-state index contributed by atoms with van der Waals surface area (Å²) in [6.07, 6.45) is 5.26. The lowest BCUT2D eigenvalue weighted by Gasteiger charge is -2.06. The molecule has 0 radical (unpaired) electrons. The maximum Gasteiger partial charge on any atom is 0.371 e. The lowest BCUT2D eigenvalue weighted by molar-refractivity contribution is -0.142. The summed E-state index contributed by atoms with van der Waals surface area (Å²) in [5.41, 5.74) is 0. The van der Waals surface area contributed by atoms with Crippen molar-refractivity contribution in [2.45, 2.75) is 52.9 Å². The second-order valence-electron chi connectivity index (χ2n) is 4.62. The summed E-state index contributed by atoms with van der Waals surface area (Å²) in [5, 5.41) is 24.5. The number of carboxylic acid groups (broad SMARTS) is 3. The molecule has 0 bridgehead atoms. The molecule has 0 aliphatic carbocycles. The van der Waals surface area contributed by atoms with Crippen molar-refractivity contribution < 1.29 is 34.1 Å². The van der Waals surface area contributed by atoms with Crippen LogP contribution in [0.15, 0.2) is 22.8 Å². The highest BCUT2D eigenvalue weighted by Gasteiger charge is 2.12. The van der Waals surface area contributed by atoms with Crippen LogP contribution in [0, 0.1) is 5.92 Å². The first-order valence-electron chi connectivity index (χ1n) is 7.51. The van der Waals surface area contributed by atoms with E-state index in [0.29, 0.717) is 0 Å². The standard InChI is InChI=1S/C8H16O2.C5H4O3.C3H6O2/c1-3-5-6-7(4-2)8(9)10;6-5(7)4-2-1-3-8-4;1-2-3(4)5/h7H,3-6H2,1-2H3,(H,9,10);1-3H,(H,6,7);2H2,1H3,(H,4,5). The average molecular weight is 330 g/mol. The van der Waals surface area contributed by atoms with E-state index < -0.39 is 17.9 Å². The summed E-state index contributed by atoms with van der Waals surface area (Å²) in [6.45, 7) is 5.60. The predicted octanol–water partition coefficient (Wildman–Crippen LogP) is 3.75. The van der Waals surface area contributed by atoms with Crippen LogP contribution in [0.1, 0.15) is 63.4 Å². The summed E-state index contributed by atoms with van der Waals surface area (Å²) in [4.78, 5) is 29.8. The Hall–Kier alpha value is -2.31. The van der Waals surface area contributed by atoms with Gasteiger partial charge in [0.05, 0.1) is 12.2 Å². The summed E-state index contributed by atoms with van der Waals surface area (Å²) in [7, 11) is 0. The molecule has 1 heterocycles. The fourth-order valence-electron chi connectivity index (χ4n) is 1.35. The number of aliphatic carboxylic acids is 2. The Morgan fingerprint density at radius 2 is 1.70 bits per heavy atom. The zero-order valence-electron chi connectivity index (χ0n) is 13.8. The molecule has 1 unspecified atom stereocenters. The Morgan fingerprint density at radius 3 is 1.91 bits per heavy atom. The van der Waals surface area contributed by atoms with Crippen LogP contribution in [-0.4, -0.2) is 33.2 Å². The van der Waals surface area contributed by atoms with E-state index >= 15 is 0 Å². The number of hydrogen-bond donors (Lipinski definition) is 3. The number of furan rings is 1. The van der Waals surface area contributed by atoms with Gasteiger partial charge in [-0.2, -0.15) is 0 Å². The molecule has 0 aliphatic heterocycles. The van der Waals surface area contributed by atoms with Gasteiger partial charge in [0.25, 0.3) is 0 Å². The molecule has 132 valence electrons. The summed E-state index contributed by atoms with van der Waals surface area (Å²) in [6, 6.07) is 2.92. The number of aromatic carboxylic acids is 1. The quantitative estimate of drug-likeness (QED) is 0.695. The van der Waals surface area contributed by atoms with E-state index in [2.05, 4.69) is 11.3 Å². The first-order valence-corrected chi connectivity index (χ1v) is 7.51. The van der Waals surface area contributed by atoms with Gasteiger partial charge in [-0.1, -0.05) is 33.6 Å². The topological polar surface area (TPSA) is 125 Å². The molecule has 0 aliphatic rings. The minimum Gasteiger partial charge on any atom is -0.481 e. The van der Waals surface area contributed by atoms with Crippen molar-refractivity contribution in [3.05, 3.63) is 24.2 Å². The second-order valence-corrected chi connectivity index (χ2v) is 4.62. The predicted molar refractivity (Wildman–Crippen MR) is 84.5 cm³/mol. The van der Waals surface area contributed by atoms with E-state index in [1.165, 1.54) is 18.4 Å². The van der Waals surface area contributed by atoms with Crippen LogP contribution in [0.3, 0.4) is 0 Å². The SMILES string of the molecule is CCC(=O)O.CCCCC(CC)C(=O)O.O=C(O)c1ccco1. The zero-order valence-corrected chi connectivity index (χ0v) is 13.8. The van der Waals surface area contributed by atoms with Gasteiger partial charge in [0, 0.05) is 6.42 Å². The molecule has 1 aromatic heterocycles. The van der Waals surface area contributed by atoms with Crippen molar-refractivity contribution in [2.75, 3.05) is 0 Å². The maximum atomic E-state index is 10.4. The summed E-state index contributed by atoms with van der Waals surface area (Å²) in [5.74, 6) is -2.55. The number of hydrogen-bond acceptors (Lipinski definition) is 4. The molecule has 3 N–H and O–H groups in total. The monoisotopic (exact) mass is 330 g/mol. The fourth-order valence-corrected chi connectivity index (χ4v) is 1.35. The van der Waals surface area contributed by atoms with Crippen molar-refractivity contribution in [1.82, 2.24) is 0 Å². The Labute approximate surface area is 135 Å². The van der Waals surface area contributed by atoms with Crippen LogP contribution in [0.5, 0.6) is 0 Å². The van der Waals surface area contributed by atoms with Gasteiger partial charge in [0.2, 0.25) is 5.76 Å². The van der Waals surface area contributed by atoms with Crippen LogP contribution >= 0.6 is 0 Å². The Kier molecular flexibility index (Phi) is 14.6. The molecule has 0 aromatic carbocycles. The van der Waals surface area contributed by atoms with Crippen LogP contribution in [0.4, 0.5) is 0 Å². The fraction of sp³-hybridized carbons (Fsp3) is 0.562. The normalized spacial score (nSPS) is 10.4. The van der Waals surface area contributed by atoms with E-state index in [1.807, 2.05) is 6.92 Å². The molecule has 0 spiro atoms. The molecule has 23 heavy (non-hydrogen) atoms. The maximum absolute atomic E-state index is 10.4. The van der Waals surface area contributed by atoms with Gasteiger partial charge in [-0.25, -0.2) is 4.79 Å². The molecule has 1 atom stereocenters. The number of unbranched alkanes of at least 4 members (excludes halogenated alkanes) is 1. The third-order valence-electron chi connectivity index (χ3n) is 2.78.